The highest BCUT2D eigenvalue weighted by Gasteiger charge is 2.09. The van der Waals surface area contributed by atoms with Crippen LogP contribution in [0.3, 0.4) is 0 Å². The Hall–Kier alpha value is -2.86. The zero-order valence-electron chi connectivity index (χ0n) is 11.5. The number of para-hydroxylation sites is 2. The van der Waals surface area contributed by atoms with Crippen molar-refractivity contribution in [3.8, 4) is 11.5 Å². The molecule has 0 aliphatic heterocycles. The van der Waals surface area contributed by atoms with Gasteiger partial charge in [0.2, 0.25) is 0 Å². The quantitative estimate of drug-likeness (QED) is 0.580. The summed E-state index contributed by atoms with van der Waals surface area (Å²) in [5, 5.41) is 6.34. The lowest BCUT2D eigenvalue weighted by Crippen LogP contribution is -1.97. The van der Waals surface area contributed by atoms with Gasteiger partial charge in [0.1, 0.15) is 22.7 Å². The van der Waals surface area contributed by atoms with E-state index in [0.717, 1.165) is 33.2 Å². The average Bonchev–Trinajstić information content (AvgIpc) is 3.21. The summed E-state index contributed by atoms with van der Waals surface area (Å²) in [7, 11) is 0. The minimum atomic E-state index is 0.740. The first-order chi connectivity index (χ1) is 10.9. The molecule has 0 fully saturated rings. The molecule has 108 valence electrons. The summed E-state index contributed by atoms with van der Waals surface area (Å²) in [6.07, 6.45) is 5.19. The zero-order valence-corrected chi connectivity index (χ0v) is 12.3. The Morgan fingerprint density at radius 1 is 1.09 bits per heavy atom. The van der Waals surface area contributed by atoms with Gasteiger partial charge in [0, 0.05) is 12.4 Å². The predicted molar refractivity (Wildman–Crippen MR) is 88.0 cm³/mol. The van der Waals surface area contributed by atoms with E-state index in [-0.39, 0.29) is 0 Å². The Labute approximate surface area is 130 Å². The Bertz CT molecular complexity index is 901. The number of benzene rings is 1. The van der Waals surface area contributed by atoms with E-state index < -0.39 is 0 Å². The highest BCUT2D eigenvalue weighted by atomic mass is 32.1. The number of fused-ring (bicyclic) bond motifs is 1. The molecule has 3 heterocycles. The SMILES string of the molecule is c1ccc(Oc2cc[nH]c2)c(Nc2ncnc3sccc23)c1. The van der Waals surface area contributed by atoms with E-state index in [1.165, 1.54) is 0 Å². The Balaban J connectivity index is 1.69. The number of ether oxygens (including phenoxy) is 1. The van der Waals surface area contributed by atoms with Gasteiger partial charge >= 0.3 is 0 Å². The number of nitrogens with zero attached hydrogens (tertiary/aromatic N) is 2. The van der Waals surface area contributed by atoms with Crippen LogP contribution in [-0.4, -0.2) is 15.0 Å². The number of thiophene rings is 1. The maximum Gasteiger partial charge on any atom is 0.150 e. The summed E-state index contributed by atoms with van der Waals surface area (Å²) in [4.78, 5) is 12.5. The third kappa shape index (κ3) is 2.40. The molecule has 0 amide bonds. The highest BCUT2D eigenvalue weighted by molar-refractivity contribution is 7.16. The fourth-order valence-electron chi connectivity index (χ4n) is 2.18. The molecule has 3 aromatic heterocycles. The van der Waals surface area contributed by atoms with Gasteiger partial charge in [-0.2, -0.15) is 0 Å². The molecule has 0 saturated carbocycles. The van der Waals surface area contributed by atoms with E-state index in [2.05, 4.69) is 20.3 Å². The van der Waals surface area contributed by atoms with Crippen LogP contribution in [0.25, 0.3) is 10.2 Å². The molecule has 0 spiro atoms. The topological polar surface area (TPSA) is 62.8 Å². The van der Waals surface area contributed by atoms with Crippen LogP contribution < -0.4 is 10.1 Å². The fourth-order valence-corrected chi connectivity index (χ4v) is 2.91. The number of aromatic amines is 1. The second-order valence-corrected chi connectivity index (χ2v) is 5.53. The molecule has 2 N–H and O–H groups in total. The van der Waals surface area contributed by atoms with Crippen molar-refractivity contribution in [1.82, 2.24) is 15.0 Å². The van der Waals surface area contributed by atoms with Gasteiger partial charge in [-0.15, -0.1) is 11.3 Å². The number of hydrogen-bond donors (Lipinski definition) is 2. The van der Waals surface area contributed by atoms with Gasteiger partial charge in [0.05, 0.1) is 11.1 Å². The minimum Gasteiger partial charge on any atom is -0.454 e. The standard InChI is InChI=1S/C16H12N4OS/c1-2-4-14(21-11-5-7-17-9-11)13(3-1)20-15-12-6-8-22-16(12)19-10-18-15/h1-10,17H,(H,18,19,20). The van der Waals surface area contributed by atoms with Crippen molar-refractivity contribution in [3.05, 3.63) is 60.5 Å². The number of rotatable bonds is 4. The van der Waals surface area contributed by atoms with Crippen LogP contribution in [0.15, 0.2) is 60.5 Å². The number of nitrogens with one attached hydrogen (secondary N) is 2. The first kappa shape index (κ1) is 12.8. The number of H-pyrrole nitrogens is 1. The molecule has 1 aromatic carbocycles. The van der Waals surface area contributed by atoms with Crippen molar-refractivity contribution in [2.24, 2.45) is 0 Å². The molecule has 6 heteroatoms. The van der Waals surface area contributed by atoms with Crippen LogP contribution in [0.5, 0.6) is 11.5 Å². The monoisotopic (exact) mass is 308 g/mol. The Kier molecular flexibility index (Phi) is 3.21. The van der Waals surface area contributed by atoms with Gasteiger partial charge in [-0.05, 0) is 29.6 Å². The lowest BCUT2D eigenvalue weighted by atomic mass is 10.2. The van der Waals surface area contributed by atoms with Gasteiger partial charge in [-0.1, -0.05) is 12.1 Å². The van der Waals surface area contributed by atoms with Crippen LogP contribution in [0.4, 0.5) is 11.5 Å². The largest absolute Gasteiger partial charge is 0.454 e. The van der Waals surface area contributed by atoms with Crippen molar-refractivity contribution < 1.29 is 4.74 Å². The molecule has 22 heavy (non-hydrogen) atoms. The van der Waals surface area contributed by atoms with E-state index in [0.29, 0.717) is 0 Å². The molecule has 0 atom stereocenters. The van der Waals surface area contributed by atoms with E-state index in [9.17, 15) is 0 Å². The number of anilines is 2. The van der Waals surface area contributed by atoms with E-state index in [1.54, 1.807) is 23.9 Å². The lowest BCUT2D eigenvalue weighted by Gasteiger charge is -2.12. The van der Waals surface area contributed by atoms with Crippen molar-refractivity contribution >= 4 is 33.1 Å². The van der Waals surface area contributed by atoms with Crippen molar-refractivity contribution in [2.45, 2.75) is 0 Å². The van der Waals surface area contributed by atoms with Gasteiger partial charge in [0.25, 0.3) is 0 Å². The van der Waals surface area contributed by atoms with E-state index >= 15 is 0 Å². The molecule has 5 nitrogen and oxygen atoms in total. The average molecular weight is 308 g/mol. The molecule has 4 rings (SSSR count). The molecule has 0 aliphatic rings. The first-order valence-corrected chi connectivity index (χ1v) is 7.63. The number of aromatic nitrogens is 3. The zero-order chi connectivity index (χ0) is 14.8. The predicted octanol–water partition coefficient (Wildman–Crippen LogP) is 4.56. The van der Waals surface area contributed by atoms with Gasteiger partial charge in [-0.25, -0.2) is 9.97 Å². The van der Waals surface area contributed by atoms with Crippen LogP contribution in [0, 0.1) is 0 Å². The second kappa shape index (κ2) is 5.50. The summed E-state index contributed by atoms with van der Waals surface area (Å²) >= 11 is 1.59. The summed E-state index contributed by atoms with van der Waals surface area (Å²) in [5.41, 5.74) is 0.856. The van der Waals surface area contributed by atoms with E-state index in [1.807, 2.05) is 48.0 Å². The lowest BCUT2D eigenvalue weighted by molar-refractivity contribution is 0.485. The smallest absolute Gasteiger partial charge is 0.150 e. The second-order valence-electron chi connectivity index (χ2n) is 4.63. The molecular formula is C16H12N4OS. The van der Waals surface area contributed by atoms with Gasteiger partial charge in [-0.3, -0.25) is 0 Å². The summed E-state index contributed by atoms with van der Waals surface area (Å²) < 4.78 is 5.88. The normalized spacial score (nSPS) is 10.7. The van der Waals surface area contributed by atoms with Crippen molar-refractivity contribution in [3.63, 3.8) is 0 Å². The van der Waals surface area contributed by atoms with Crippen LogP contribution in [0.1, 0.15) is 0 Å². The van der Waals surface area contributed by atoms with Crippen LogP contribution in [-0.2, 0) is 0 Å². The molecule has 0 unspecified atom stereocenters. The molecule has 4 aromatic rings. The number of hydrogen-bond acceptors (Lipinski definition) is 5. The third-order valence-electron chi connectivity index (χ3n) is 3.20. The Morgan fingerprint density at radius 3 is 2.95 bits per heavy atom. The van der Waals surface area contributed by atoms with Crippen LogP contribution >= 0.6 is 11.3 Å². The molecule has 0 saturated heterocycles. The molecule has 0 radical (unpaired) electrons. The first-order valence-electron chi connectivity index (χ1n) is 6.75. The van der Waals surface area contributed by atoms with Crippen molar-refractivity contribution in [2.75, 3.05) is 5.32 Å². The summed E-state index contributed by atoms with van der Waals surface area (Å²) in [5.74, 6) is 2.28. The fraction of sp³-hybridized carbons (Fsp3) is 0. The van der Waals surface area contributed by atoms with E-state index in [4.69, 9.17) is 4.74 Å². The summed E-state index contributed by atoms with van der Waals surface area (Å²) in [6.45, 7) is 0. The third-order valence-corrected chi connectivity index (χ3v) is 4.02. The Morgan fingerprint density at radius 2 is 2.05 bits per heavy atom. The summed E-state index contributed by atoms with van der Waals surface area (Å²) in [6, 6.07) is 11.7. The van der Waals surface area contributed by atoms with Crippen LogP contribution in [0.2, 0.25) is 0 Å². The molecular weight excluding hydrogens is 296 g/mol. The molecule has 0 bridgehead atoms. The van der Waals surface area contributed by atoms with Crippen molar-refractivity contribution in [1.29, 1.82) is 0 Å². The highest BCUT2D eigenvalue weighted by Crippen LogP contribution is 2.33. The minimum absolute atomic E-state index is 0.740. The maximum absolute atomic E-state index is 5.88. The molecule has 0 aliphatic carbocycles. The maximum atomic E-state index is 5.88. The van der Waals surface area contributed by atoms with Gasteiger partial charge in [0.15, 0.2) is 5.75 Å². The van der Waals surface area contributed by atoms with Gasteiger partial charge < -0.3 is 15.0 Å².